The number of rotatable bonds is 2. The maximum Gasteiger partial charge on any atom is 0.162 e. The first-order valence-corrected chi connectivity index (χ1v) is 8.12. The van der Waals surface area contributed by atoms with Crippen LogP contribution in [0.1, 0.15) is 17.2 Å². The molecule has 1 aliphatic heterocycles. The Morgan fingerprint density at radius 3 is 2.30 bits per heavy atom. The summed E-state index contributed by atoms with van der Waals surface area (Å²) < 4.78 is 13.3. The van der Waals surface area contributed by atoms with Crippen molar-refractivity contribution in [3.8, 4) is 11.5 Å². The molecule has 2 aromatic rings. The SMILES string of the molecule is NC(c1ccc(I)cc1)c1cc2c(cc1Br)OCCO2. The van der Waals surface area contributed by atoms with Crippen LogP contribution in [0.2, 0.25) is 0 Å². The number of benzene rings is 2. The molecule has 1 unspecified atom stereocenters. The summed E-state index contributed by atoms with van der Waals surface area (Å²) in [6.45, 7) is 1.16. The first kappa shape index (κ1) is 14.2. The summed E-state index contributed by atoms with van der Waals surface area (Å²) in [7, 11) is 0. The van der Waals surface area contributed by atoms with Gasteiger partial charge in [0.25, 0.3) is 0 Å². The van der Waals surface area contributed by atoms with E-state index in [-0.39, 0.29) is 6.04 Å². The normalized spacial score (nSPS) is 14.9. The summed E-state index contributed by atoms with van der Waals surface area (Å²) in [4.78, 5) is 0. The van der Waals surface area contributed by atoms with E-state index in [4.69, 9.17) is 15.2 Å². The van der Waals surface area contributed by atoms with Gasteiger partial charge in [-0.2, -0.15) is 0 Å². The van der Waals surface area contributed by atoms with E-state index in [0.29, 0.717) is 13.2 Å². The van der Waals surface area contributed by atoms with Gasteiger partial charge >= 0.3 is 0 Å². The van der Waals surface area contributed by atoms with Crippen molar-refractivity contribution in [1.82, 2.24) is 0 Å². The quantitative estimate of drug-likeness (QED) is 0.713. The molecule has 0 saturated carbocycles. The van der Waals surface area contributed by atoms with E-state index in [0.717, 1.165) is 27.1 Å². The van der Waals surface area contributed by atoms with Crippen molar-refractivity contribution in [1.29, 1.82) is 0 Å². The number of fused-ring (bicyclic) bond motifs is 1. The third-order valence-corrected chi connectivity index (χ3v) is 4.63. The Morgan fingerprint density at radius 2 is 1.65 bits per heavy atom. The second-order valence-electron chi connectivity index (χ2n) is 4.55. The fourth-order valence-electron chi connectivity index (χ4n) is 2.17. The van der Waals surface area contributed by atoms with E-state index in [1.54, 1.807) is 0 Å². The average Bonchev–Trinajstić information content (AvgIpc) is 2.46. The molecule has 0 saturated heterocycles. The molecule has 2 N–H and O–H groups in total. The minimum absolute atomic E-state index is 0.197. The smallest absolute Gasteiger partial charge is 0.162 e. The zero-order chi connectivity index (χ0) is 14.1. The van der Waals surface area contributed by atoms with E-state index in [1.807, 2.05) is 12.1 Å². The second kappa shape index (κ2) is 5.91. The fraction of sp³-hybridized carbons (Fsp3) is 0.200. The van der Waals surface area contributed by atoms with E-state index in [9.17, 15) is 0 Å². The summed E-state index contributed by atoms with van der Waals surface area (Å²) in [5, 5.41) is 0. The topological polar surface area (TPSA) is 44.5 Å². The molecule has 5 heteroatoms. The van der Waals surface area contributed by atoms with Gasteiger partial charge in [-0.15, -0.1) is 0 Å². The van der Waals surface area contributed by atoms with Gasteiger partial charge in [-0.05, 0) is 58.0 Å². The highest BCUT2D eigenvalue weighted by atomic mass is 127. The Hall–Kier alpha value is -0.790. The maximum absolute atomic E-state index is 6.37. The lowest BCUT2D eigenvalue weighted by Gasteiger charge is -2.22. The van der Waals surface area contributed by atoms with Crippen LogP contribution >= 0.6 is 38.5 Å². The van der Waals surface area contributed by atoms with Crippen molar-refractivity contribution >= 4 is 38.5 Å². The summed E-state index contributed by atoms with van der Waals surface area (Å²) >= 11 is 5.85. The average molecular weight is 446 g/mol. The van der Waals surface area contributed by atoms with Crippen molar-refractivity contribution in [3.63, 3.8) is 0 Å². The standard InChI is InChI=1S/C15H13BrINO2/c16-12-8-14-13(19-5-6-20-14)7-11(12)15(18)9-1-3-10(17)4-2-9/h1-4,7-8,15H,5-6,18H2. The molecule has 1 atom stereocenters. The van der Waals surface area contributed by atoms with Gasteiger partial charge in [-0.25, -0.2) is 0 Å². The van der Waals surface area contributed by atoms with Crippen LogP contribution < -0.4 is 15.2 Å². The number of ether oxygens (including phenoxy) is 2. The lowest BCUT2D eigenvalue weighted by atomic mass is 9.99. The first-order chi connectivity index (χ1) is 9.65. The molecule has 0 spiro atoms. The molecular formula is C15H13BrINO2. The molecule has 3 nitrogen and oxygen atoms in total. The summed E-state index contributed by atoms with van der Waals surface area (Å²) in [6.07, 6.45) is 0. The zero-order valence-corrected chi connectivity index (χ0v) is 14.3. The van der Waals surface area contributed by atoms with Crippen LogP contribution in [0.25, 0.3) is 0 Å². The predicted molar refractivity (Wildman–Crippen MR) is 90.3 cm³/mol. The molecule has 3 rings (SSSR count). The van der Waals surface area contributed by atoms with Crippen molar-refractivity contribution < 1.29 is 9.47 Å². The minimum Gasteiger partial charge on any atom is -0.486 e. The van der Waals surface area contributed by atoms with Crippen molar-refractivity contribution in [3.05, 3.63) is 55.6 Å². The number of hydrogen-bond acceptors (Lipinski definition) is 3. The highest BCUT2D eigenvalue weighted by Crippen LogP contribution is 2.38. The maximum atomic E-state index is 6.37. The molecule has 1 aliphatic rings. The van der Waals surface area contributed by atoms with Gasteiger partial charge in [-0.1, -0.05) is 28.1 Å². The molecule has 0 amide bonds. The summed E-state index contributed by atoms with van der Waals surface area (Å²) in [6, 6.07) is 11.9. The van der Waals surface area contributed by atoms with E-state index in [1.165, 1.54) is 3.57 Å². The summed E-state index contributed by atoms with van der Waals surface area (Å²) in [5.41, 5.74) is 8.44. The van der Waals surface area contributed by atoms with Gasteiger partial charge in [0.2, 0.25) is 0 Å². The van der Waals surface area contributed by atoms with Crippen LogP contribution in [0.15, 0.2) is 40.9 Å². The lowest BCUT2D eigenvalue weighted by molar-refractivity contribution is 0.171. The first-order valence-electron chi connectivity index (χ1n) is 6.25. The van der Waals surface area contributed by atoms with Crippen LogP contribution in [-0.2, 0) is 0 Å². The van der Waals surface area contributed by atoms with Gasteiger partial charge in [0.15, 0.2) is 11.5 Å². The predicted octanol–water partition coefficient (Wildman–Crippen LogP) is 3.87. The van der Waals surface area contributed by atoms with E-state index in [2.05, 4.69) is 62.8 Å². The number of hydrogen-bond donors (Lipinski definition) is 1. The van der Waals surface area contributed by atoms with Crippen LogP contribution in [-0.4, -0.2) is 13.2 Å². The molecular weight excluding hydrogens is 433 g/mol. The van der Waals surface area contributed by atoms with Crippen molar-refractivity contribution in [2.45, 2.75) is 6.04 Å². The monoisotopic (exact) mass is 445 g/mol. The molecule has 0 fully saturated rings. The lowest BCUT2D eigenvalue weighted by Crippen LogP contribution is -2.17. The Bertz CT molecular complexity index is 631. The number of nitrogens with two attached hydrogens (primary N) is 1. The van der Waals surface area contributed by atoms with Gasteiger partial charge in [0.1, 0.15) is 13.2 Å². The Labute approximate surface area is 139 Å². The molecule has 1 heterocycles. The molecule has 2 aromatic carbocycles. The highest BCUT2D eigenvalue weighted by Gasteiger charge is 2.19. The van der Waals surface area contributed by atoms with Gasteiger partial charge in [-0.3, -0.25) is 0 Å². The Balaban J connectivity index is 1.98. The Morgan fingerprint density at radius 1 is 1.05 bits per heavy atom. The van der Waals surface area contributed by atoms with Gasteiger partial charge in [0, 0.05) is 8.04 Å². The fourth-order valence-corrected chi connectivity index (χ4v) is 3.10. The van der Waals surface area contributed by atoms with Gasteiger partial charge in [0.05, 0.1) is 6.04 Å². The van der Waals surface area contributed by atoms with Crippen LogP contribution in [0, 0.1) is 3.57 Å². The Kier molecular flexibility index (Phi) is 4.18. The second-order valence-corrected chi connectivity index (χ2v) is 6.65. The van der Waals surface area contributed by atoms with Crippen molar-refractivity contribution in [2.24, 2.45) is 5.73 Å². The largest absolute Gasteiger partial charge is 0.486 e. The van der Waals surface area contributed by atoms with E-state index >= 15 is 0 Å². The molecule has 0 aliphatic carbocycles. The molecule has 104 valence electrons. The molecule has 0 aromatic heterocycles. The minimum atomic E-state index is -0.197. The third kappa shape index (κ3) is 2.80. The van der Waals surface area contributed by atoms with Crippen LogP contribution in [0.3, 0.4) is 0 Å². The number of halogens is 2. The van der Waals surface area contributed by atoms with Crippen LogP contribution in [0.5, 0.6) is 11.5 Å². The van der Waals surface area contributed by atoms with Gasteiger partial charge < -0.3 is 15.2 Å². The highest BCUT2D eigenvalue weighted by molar-refractivity contribution is 14.1. The summed E-state index contributed by atoms with van der Waals surface area (Å²) in [5.74, 6) is 1.53. The molecule has 20 heavy (non-hydrogen) atoms. The zero-order valence-electron chi connectivity index (χ0n) is 10.6. The molecule has 0 bridgehead atoms. The van der Waals surface area contributed by atoms with Crippen molar-refractivity contribution in [2.75, 3.05) is 13.2 Å². The van der Waals surface area contributed by atoms with Crippen LogP contribution in [0.4, 0.5) is 0 Å². The third-order valence-electron chi connectivity index (χ3n) is 3.23. The van der Waals surface area contributed by atoms with E-state index < -0.39 is 0 Å². The molecule has 0 radical (unpaired) electrons.